The average molecular weight is 325 g/mol. The molecule has 0 bridgehead atoms. The Hall–Kier alpha value is -2.11. The molecular formula is C18H19N3OS. The van der Waals surface area contributed by atoms with Crippen LogP contribution in [-0.4, -0.2) is 21.6 Å². The second kappa shape index (κ2) is 6.18. The highest BCUT2D eigenvalue weighted by Gasteiger charge is 2.29. The van der Waals surface area contributed by atoms with E-state index in [4.69, 9.17) is 4.74 Å². The molecule has 2 aromatic heterocycles. The van der Waals surface area contributed by atoms with Crippen LogP contribution in [0.1, 0.15) is 22.3 Å². The van der Waals surface area contributed by atoms with Crippen molar-refractivity contribution in [3.63, 3.8) is 0 Å². The first-order chi connectivity index (χ1) is 11.3. The number of thiophene rings is 1. The fourth-order valence-electron chi connectivity index (χ4n) is 3.26. The molecule has 1 aliphatic heterocycles. The first kappa shape index (κ1) is 14.5. The lowest BCUT2D eigenvalue weighted by Crippen LogP contribution is -2.36. The molecule has 0 saturated carbocycles. The summed E-state index contributed by atoms with van der Waals surface area (Å²) in [7, 11) is 1.74. The lowest BCUT2D eigenvalue weighted by Gasteiger charge is -2.36. The van der Waals surface area contributed by atoms with Gasteiger partial charge in [-0.1, -0.05) is 24.3 Å². The van der Waals surface area contributed by atoms with E-state index in [9.17, 15) is 0 Å². The molecule has 1 aromatic carbocycles. The Morgan fingerprint density at radius 1 is 1.26 bits per heavy atom. The van der Waals surface area contributed by atoms with E-state index in [1.54, 1.807) is 18.4 Å². The van der Waals surface area contributed by atoms with E-state index < -0.39 is 0 Å². The Kier molecular flexibility index (Phi) is 3.89. The van der Waals surface area contributed by atoms with Crippen molar-refractivity contribution in [1.82, 2.24) is 14.5 Å². The van der Waals surface area contributed by atoms with Crippen LogP contribution in [0.2, 0.25) is 0 Å². The van der Waals surface area contributed by atoms with E-state index in [0.717, 1.165) is 31.2 Å². The summed E-state index contributed by atoms with van der Waals surface area (Å²) >= 11 is 1.81. The van der Waals surface area contributed by atoms with Crippen LogP contribution in [-0.2, 0) is 19.6 Å². The van der Waals surface area contributed by atoms with Crippen LogP contribution in [0.5, 0.6) is 5.75 Å². The van der Waals surface area contributed by atoms with Crippen molar-refractivity contribution in [2.45, 2.75) is 25.7 Å². The minimum atomic E-state index is 0.287. The molecule has 0 N–H and O–H groups in total. The van der Waals surface area contributed by atoms with Gasteiger partial charge < -0.3 is 9.30 Å². The summed E-state index contributed by atoms with van der Waals surface area (Å²) in [4.78, 5) is 8.37. The number of hydrogen-bond donors (Lipinski definition) is 0. The van der Waals surface area contributed by atoms with Gasteiger partial charge >= 0.3 is 0 Å². The Morgan fingerprint density at radius 3 is 3.00 bits per heavy atom. The van der Waals surface area contributed by atoms with Crippen LogP contribution in [0.3, 0.4) is 0 Å². The highest BCUT2D eigenvalue weighted by molar-refractivity contribution is 7.09. The number of ether oxygens (including phenoxy) is 1. The Balaban J connectivity index is 1.71. The molecule has 0 radical (unpaired) electrons. The summed E-state index contributed by atoms with van der Waals surface area (Å²) in [5.41, 5.74) is 1.24. The van der Waals surface area contributed by atoms with Gasteiger partial charge in [0.25, 0.3) is 0 Å². The van der Waals surface area contributed by atoms with Crippen LogP contribution < -0.4 is 4.74 Å². The summed E-state index contributed by atoms with van der Waals surface area (Å²) in [6, 6.07) is 12.9. The number of rotatable bonds is 4. The molecule has 0 unspecified atom stereocenters. The van der Waals surface area contributed by atoms with Crippen LogP contribution in [0, 0.1) is 0 Å². The summed E-state index contributed by atoms with van der Waals surface area (Å²) in [5, 5.41) is 2.14. The molecule has 0 amide bonds. The molecule has 4 nitrogen and oxygen atoms in total. The molecule has 1 aliphatic rings. The van der Waals surface area contributed by atoms with E-state index in [0.29, 0.717) is 0 Å². The molecule has 23 heavy (non-hydrogen) atoms. The van der Waals surface area contributed by atoms with Gasteiger partial charge in [0.15, 0.2) is 0 Å². The first-order valence-electron chi connectivity index (χ1n) is 7.74. The van der Waals surface area contributed by atoms with Gasteiger partial charge in [0.05, 0.1) is 19.7 Å². The molecule has 1 atom stereocenters. The highest BCUT2D eigenvalue weighted by atomic mass is 32.1. The lowest BCUT2D eigenvalue weighted by atomic mass is 10.0. The second-order valence-corrected chi connectivity index (χ2v) is 6.77. The number of hydrogen-bond acceptors (Lipinski definition) is 4. The summed E-state index contributed by atoms with van der Waals surface area (Å²) < 4.78 is 7.85. The van der Waals surface area contributed by atoms with Gasteiger partial charge in [-0.15, -0.1) is 11.3 Å². The van der Waals surface area contributed by atoms with E-state index in [1.165, 1.54) is 10.4 Å². The topological polar surface area (TPSA) is 30.3 Å². The van der Waals surface area contributed by atoms with Gasteiger partial charge in [-0.2, -0.15) is 0 Å². The summed E-state index contributed by atoms with van der Waals surface area (Å²) in [5.74, 6) is 2.09. The third-order valence-electron chi connectivity index (χ3n) is 4.39. The van der Waals surface area contributed by atoms with Crippen molar-refractivity contribution < 1.29 is 4.74 Å². The summed E-state index contributed by atoms with van der Waals surface area (Å²) in [6.45, 7) is 2.70. The van der Waals surface area contributed by atoms with Gasteiger partial charge in [0.2, 0.25) is 0 Å². The largest absolute Gasteiger partial charge is 0.496 e. The molecule has 5 heteroatoms. The first-order valence-corrected chi connectivity index (χ1v) is 8.62. The van der Waals surface area contributed by atoms with Gasteiger partial charge in [0, 0.05) is 35.9 Å². The molecule has 0 spiro atoms. The average Bonchev–Trinajstić information content (AvgIpc) is 3.25. The number of para-hydroxylation sites is 1. The van der Waals surface area contributed by atoms with Gasteiger partial charge in [-0.05, 0) is 17.5 Å². The van der Waals surface area contributed by atoms with Crippen LogP contribution in [0.15, 0.2) is 54.2 Å². The number of fused-ring (bicyclic) bond motifs is 1. The molecule has 4 rings (SSSR count). The smallest absolute Gasteiger partial charge is 0.123 e. The molecule has 0 saturated heterocycles. The zero-order chi connectivity index (χ0) is 15.6. The van der Waals surface area contributed by atoms with Crippen molar-refractivity contribution in [2.24, 2.45) is 0 Å². The lowest BCUT2D eigenvalue weighted by molar-refractivity contribution is 0.127. The fraction of sp³-hybridized carbons (Fsp3) is 0.278. The molecular weight excluding hydrogens is 306 g/mol. The van der Waals surface area contributed by atoms with Crippen LogP contribution in [0.4, 0.5) is 0 Å². The van der Waals surface area contributed by atoms with Crippen molar-refractivity contribution in [3.05, 3.63) is 70.4 Å². The van der Waals surface area contributed by atoms with E-state index in [-0.39, 0.29) is 6.04 Å². The van der Waals surface area contributed by atoms with Crippen molar-refractivity contribution in [3.8, 4) is 5.75 Å². The van der Waals surface area contributed by atoms with E-state index in [1.807, 2.05) is 18.3 Å². The predicted molar refractivity (Wildman–Crippen MR) is 91.5 cm³/mol. The van der Waals surface area contributed by atoms with Gasteiger partial charge in [0.1, 0.15) is 11.6 Å². The molecule has 3 aromatic rings. The zero-order valence-electron chi connectivity index (χ0n) is 13.1. The quantitative estimate of drug-likeness (QED) is 0.732. The third kappa shape index (κ3) is 2.78. The Morgan fingerprint density at radius 2 is 2.17 bits per heavy atom. The Bertz CT molecular complexity index is 781. The van der Waals surface area contributed by atoms with Crippen LogP contribution in [0.25, 0.3) is 0 Å². The van der Waals surface area contributed by atoms with Gasteiger partial charge in [-0.25, -0.2) is 4.98 Å². The number of imidazole rings is 1. The molecule has 0 aliphatic carbocycles. The molecule has 3 heterocycles. The van der Waals surface area contributed by atoms with Crippen molar-refractivity contribution >= 4 is 11.3 Å². The predicted octanol–water partition coefficient (Wildman–Crippen LogP) is 3.71. The molecule has 118 valence electrons. The maximum atomic E-state index is 5.60. The normalized spacial score (nSPS) is 17.9. The number of methoxy groups -OCH3 is 1. The zero-order valence-corrected chi connectivity index (χ0v) is 13.9. The minimum absolute atomic E-state index is 0.287. The minimum Gasteiger partial charge on any atom is -0.496 e. The second-order valence-electron chi connectivity index (χ2n) is 5.74. The number of benzene rings is 1. The third-order valence-corrected chi connectivity index (χ3v) is 5.25. The fourth-order valence-corrected chi connectivity index (χ4v) is 3.99. The SMILES string of the molecule is COc1ccccc1[C@@H]1Cn2ccnc2CN1Cc1cccs1. The van der Waals surface area contributed by atoms with Crippen LogP contribution >= 0.6 is 11.3 Å². The van der Waals surface area contributed by atoms with Crippen molar-refractivity contribution in [1.29, 1.82) is 0 Å². The van der Waals surface area contributed by atoms with E-state index >= 15 is 0 Å². The standard InChI is InChI=1S/C18H19N3OS/c1-22-17-7-3-2-6-15(17)16-12-20-9-8-19-18(20)13-21(16)11-14-5-4-10-23-14/h2-10,16H,11-13H2,1H3/t16-/m0/s1. The monoisotopic (exact) mass is 325 g/mol. The number of nitrogens with zero attached hydrogens (tertiary/aromatic N) is 3. The highest BCUT2D eigenvalue weighted by Crippen LogP contribution is 2.35. The summed E-state index contributed by atoms with van der Waals surface area (Å²) in [6.07, 6.45) is 3.96. The van der Waals surface area contributed by atoms with Crippen molar-refractivity contribution in [2.75, 3.05) is 7.11 Å². The maximum absolute atomic E-state index is 5.60. The maximum Gasteiger partial charge on any atom is 0.123 e. The number of aromatic nitrogens is 2. The molecule has 0 fully saturated rings. The van der Waals surface area contributed by atoms with E-state index in [2.05, 4.69) is 50.3 Å². The van der Waals surface area contributed by atoms with Gasteiger partial charge in [-0.3, -0.25) is 4.90 Å². The Labute approximate surface area is 140 Å².